The topological polar surface area (TPSA) is 101 Å². The van der Waals surface area contributed by atoms with Gasteiger partial charge in [-0.1, -0.05) is 6.08 Å². The SMILES string of the molecule is C[C@@H]1CN(c2c(F)cc(C3=CCN(c4ncc(CN(C)C)cn4)CC3)cc2NC(=O)c2c[nH]c(=O)cc2C(F)(F)F)C[C@H](C)N1C. The minimum atomic E-state index is -4.95. The third kappa shape index (κ3) is 7.23. The van der Waals surface area contributed by atoms with Crippen molar-refractivity contribution in [1.29, 1.82) is 0 Å². The van der Waals surface area contributed by atoms with Crippen LogP contribution in [0.15, 0.2) is 47.7 Å². The van der Waals surface area contributed by atoms with Gasteiger partial charge in [0.2, 0.25) is 11.5 Å². The van der Waals surface area contributed by atoms with Gasteiger partial charge < -0.3 is 25.0 Å². The van der Waals surface area contributed by atoms with E-state index in [0.29, 0.717) is 50.2 Å². The van der Waals surface area contributed by atoms with Crippen LogP contribution in [-0.2, 0) is 12.7 Å². The van der Waals surface area contributed by atoms with Gasteiger partial charge in [0, 0.05) is 75.0 Å². The van der Waals surface area contributed by atoms with Crippen LogP contribution < -0.4 is 20.7 Å². The van der Waals surface area contributed by atoms with Crippen LogP contribution in [0.1, 0.15) is 47.3 Å². The van der Waals surface area contributed by atoms with Crippen molar-refractivity contribution in [3.8, 4) is 0 Å². The molecule has 1 aromatic carbocycles. The van der Waals surface area contributed by atoms with Crippen LogP contribution in [0.2, 0.25) is 0 Å². The van der Waals surface area contributed by atoms with Crippen molar-refractivity contribution >= 4 is 28.8 Å². The van der Waals surface area contributed by atoms with Gasteiger partial charge in [-0.05, 0) is 64.7 Å². The van der Waals surface area contributed by atoms with E-state index in [4.69, 9.17) is 0 Å². The molecule has 0 spiro atoms. The molecule has 1 fully saturated rings. The molecule has 2 N–H and O–H groups in total. The number of alkyl halides is 3. The number of aromatic amines is 1. The highest BCUT2D eigenvalue weighted by molar-refractivity contribution is 6.07. The molecule has 10 nitrogen and oxygen atoms in total. The highest BCUT2D eigenvalue weighted by atomic mass is 19.4. The van der Waals surface area contributed by atoms with E-state index in [2.05, 4.69) is 25.2 Å². The minimum absolute atomic E-state index is 0.0476. The third-order valence-corrected chi connectivity index (χ3v) is 8.52. The number of amides is 1. The van der Waals surface area contributed by atoms with Crippen LogP contribution in [0.3, 0.4) is 0 Å². The summed E-state index contributed by atoms with van der Waals surface area (Å²) >= 11 is 0. The first-order chi connectivity index (χ1) is 21.7. The lowest BCUT2D eigenvalue weighted by molar-refractivity contribution is -0.138. The Morgan fingerprint density at radius 1 is 1.09 bits per heavy atom. The molecule has 3 aromatic rings. The van der Waals surface area contributed by atoms with Crippen molar-refractivity contribution in [2.45, 2.75) is 45.1 Å². The molecular weight excluding hydrogens is 604 g/mol. The first-order valence-corrected chi connectivity index (χ1v) is 15.0. The third-order valence-electron chi connectivity index (χ3n) is 8.52. The number of benzene rings is 1. The zero-order valence-electron chi connectivity index (χ0n) is 26.5. The molecule has 4 heterocycles. The Hall–Kier alpha value is -4.30. The van der Waals surface area contributed by atoms with Gasteiger partial charge in [0.05, 0.1) is 22.5 Å². The van der Waals surface area contributed by atoms with E-state index in [1.54, 1.807) is 18.5 Å². The van der Waals surface area contributed by atoms with Crippen LogP contribution in [0.4, 0.5) is 34.9 Å². The first-order valence-electron chi connectivity index (χ1n) is 15.0. The molecule has 0 aliphatic carbocycles. The van der Waals surface area contributed by atoms with E-state index in [9.17, 15) is 22.8 Å². The maximum absolute atomic E-state index is 16.2. The lowest BCUT2D eigenvalue weighted by Crippen LogP contribution is -2.55. The van der Waals surface area contributed by atoms with Crippen molar-refractivity contribution in [1.82, 2.24) is 24.8 Å². The Morgan fingerprint density at radius 3 is 2.35 bits per heavy atom. The number of likely N-dealkylation sites (N-methyl/N-ethyl adjacent to an activating group) is 1. The molecule has 0 saturated carbocycles. The number of anilines is 3. The number of carbonyl (C=O) groups excluding carboxylic acids is 1. The number of hydrogen-bond acceptors (Lipinski definition) is 8. The Kier molecular flexibility index (Phi) is 9.49. The van der Waals surface area contributed by atoms with E-state index < -0.39 is 34.6 Å². The maximum atomic E-state index is 16.2. The zero-order chi connectivity index (χ0) is 33.3. The molecule has 2 aliphatic rings. The summed E-state index contributed by atoms with van der Waals surface area (Å²) in [6, 6.07) is 3.46. The largest absolute Gasteiger partial charge is 0.417 e. The van der Waals surface area contributed by atoms with Crippen LogP contribution in [0.5, 0.6) is 0 Å². The van der Waals surface area contributed by atoms with Crippen molar-refractivity contribution in [2.75, 3.05) is 62.4 Å². The van der Waals surface area contributed by atoms with Crippen LogP contribution >= 0.6 is 0 Å². The Labute approximate surface area is 264 Å². The van der Waals surface area contributed by atoms with Crippen molar-refractivity contribution in [2.24, 2.45) is 0 Å². The Bertz CT molecular complexity index is 1660. The number of hydrogen-bond donors (Lipinski definition) is 2. The fourth-order valence-electron chi connectivity index (χ4n) is 5.94. The molecule has 1 saturated heterocycles. The average Bonchev–Trinajstić information content (AvgIpc) is 2.99. The number of halogens is 4. The second-order valence-corrected chi connectivity index (χ2v) is 12.3. The summed E-state index contributed by atoms with van der Waals surface area (Å²) < 4.78 is 57.5. The summed E-state index contributed by atoms with van der Waals surface area (Å²) in [6.45, 7) is 6.63. The number of nitrogens with one attached hydrogen (secondary N) is 2. The van der Waals surface area contributed by atoms with Gasteiger partial charge in [-0.25, -0.2) is 14.4 Å². The highest BCUT2D eigenvalue weighted by Gasteiger charge is 2.37. The van der Waals surface area contributed by atoms with Gasteiger partial charge in [-0.15, -0.1) is 0 Å². The standard InChI is InChI=1S/C32H38F4N8O2/c1-19-16-44(17-20(2)42(19)5)29-26(33)10-23(11-27(29)40-30(46)24-15-37-28(45)12-25(24)32(34,35)36)22-6-8-43(9-7-22)31-38-13-21(14-39-31)18-41(3)4/h6,10-15,19-20H,7-9,16-18H2,1-5H3,(H,37,45)(H,40,46)/t19-,20+. The van der Waals surface area contributed by atoms with Crippen LogP contribution in [-0.4, -0.2) is 90.1 Å². The number of rotatable bonds is 7. The predicted molar refractivity (Wildman–Crippen MR) is 170 cm³/mol. The second-order valence-electron chi connectivity index (χ2n) is 12.3. The average molecular weight is 643 g/mol. The normalized spacial score (nSPS) is 19.4. The molecule has 5 rings (SSSR count). The van der Waals surface area contributed by atoms with Gasteiger partial charge in [-0.3, -0.25) is 14.5 Å². The molecule has 2 aromatic heterocycles. The summed E-state index contributed by atoms with van der Waals surface area (Å²) in [6.07, 6.45) is 1.82. The molecule has 46 heavy (non-hydrogen) atoms. The Balaban J connectivity index is 1.48. The van der Waals surface area contributed by atoms with Crippen LogP contribution in [0, 0.1) is 5.82 Å². The molecule has 0 unspecified atom stereocenters. The lowest BCUT2D eigenvalue weighted by atomic mass is 9.97. The van der Waals surface area contributed by atoms with Gasteiger partial charge >= 0.3 is 6.18 Å². The van der Waals surface area contributed by atoms with E-state index in [-0.39, 0.29) is 23.5 Å². The van der Waals surface area contributed by atoms with Crippen molar-refractivity contribution in [3.63, 3.8) is 0 Å². The van der Waals surface area contributed by atoms with E-state index in [1.165, 1.54) is 6.07 Å². The number of pyridine rings is 1. The summed E-state index contributed by atoms with van der Waals surface area (Å²) in [5.41, 5.74) is -0.675. The quantitative estimate of drug-likeness (QED) is 0.365. The summed E-state index contributed by atoms with van der Waals surface area (Å²) in [5, 5.41) is 2.55. The minimum Gasteiger partial charge on any atom is -0.364 e. The van der Waals surface area contributed by atoms with Gasteiger partial charge in [-0.2, -0.15) is 13.2 Å². The lowest BCUT2D eigenvalue weighted by Gasteiger charge is -2.44. The molecule has 2 atom stereocenters. The monoisotopic (exact) mass is 642 g/mol. The maximum Gasteiger partial charge on any atom is 0.417 e. The summed E-state index contributed by atoms with van der Waals surface area (Å²) in [7, 11) is 5.91. The van der Waals surface area contributed by atoms with E-state index in [1.807, 2.05) is 55.8 Å². The van der Waals surface area contributed by atoms with Gasteiger partial charge in [0.25, 0.3) is 5.91 Å². The fourth-order valence-corrected chi connectivity index (χ4v) is 5.94. The number of H-pyrrole nitrogens is 1. The Morgan fingerprint density at radius 2 is 1.76 bits per heavy atom. The summed E-state index contributed by atoms with van der Waals surface area (Å²) in [5.74, 6) is -1.14. The van der Waals surface area contributed by atoms with Crippen molar-refractivity contribution in [3.05, 3.63) is 81.3 Å². The van der Waals surface area contributed by atoms with Crippen LogP contribution in [0.25, 0.3) is 5.57 Å². The molecule has 2 aliphatic heterocycles. The number of nitrogens with zero attached hydrogens (tertiary/aromatic N) is 6. The van der Waals surface area contributed by atoms with Crippen molar-refractivity contribution < 1.29 is 22.4 Å². The molecule has 1 amide bonds. The van der Waals surface area contributed by atoms with E-state index in [0.717, 1.165) is 23.9 Å². The van der Waals surface area contributed by atoms with E-state index >= 15 is 4.39 Å². The molecule has 0 bridgehead atoms. The molecule has 14 heteroatoms. The predicted octanol–water partition coefficient (Wildman–Crippen LogP) is 4.46. The first kappa shape index (κ1) is 33.1. The molecule has 246 valence electrons. The number of aromatic nitrogens is 3. The molecular formula is C32H38F4N8O2. The molecule has 0 radical (unpaired) electrons. The number of carbonyl (C=O) groups is 1. The zero-order valence-corrected chi connectivity index (χ0v) is 26.5. The second kappa shape index (κ2) is 13.2. The number of piperazine rings is 1. The van der Waals surface area contributed by atoms with Gasteiger partial charge in [0.1, 0.15) is 5.82 Å². The fraction of sp³-hybridized carbons (Fsp3) is 0.438. The highest BCUT2D eigenvalue weighted by Crippen LogP contribution is 2.38. The smallest absolute Gasteiger partial charge is 0.364 e. The summed E-state index contributed by atoms with van der Waals surface area (Å²) in [4.78, 5) is 44.2. The van der Waals surface area contributed by atoms with Gasteiger partial charge in [0.15, 0.2) is 0 Å².